The lowest BCUT2D eigenvalue weighted by Crippen LogP contribution is -2.28. The van der Waals surface area contributed by atoms with E-state index >= 15 is 0 Å². The van der Waals surface area contributed by atoms with Gasteiger partial charge in [0.15, 0.2) is 5.69 Å². The van der Waals surface area contributed by atoms with E-state index in [1.807, 2.05) is 0 Å². The number of rotatable bonds is 0. The molecular formula is C8H10ClF3N2. The molecule has 0 saturated heterocycles. The molecule has 0 N–H and O–H groups in total. The van der Waals surface area contributed by atoms with Crippen molar-refractivity contribution in [2.45, 2.75) is 32.5 Å². The van der Waals surface area contributed by atoms with Crippen molar-refractivity contribution >= 4 is 11.6 Å². The molecule has 1 aromatic heterocycles. The van der Waals surface area contributed by atoms with Crippen molar-refractivity contribution in [2.75, 3.05) is 0 Å². The first-order valence-electron chi connectivity index (χ1n) is 3.95. The molecule has 0 bridgehead atoms. The molecule has 1 heterocycles. The zero-order valence-electron chi connectivity index (χ0n) is 7.98. The minimum atomic E-state index is -4.47. The SMILES string of the molecule is CC(C)(C)n1ncc(Cl)c1C(F)(F)F. The number of nitrogens with zero attached hydrogens (tertiary/aromatic N) is 2. The van der Waals surface area contributed by atoms with Crippen LogP contribution < -0.4 is 0 Å². The number of hydrogen-bond donors (Lipinski definition) is 0. The van der Waals surface area contributed by atoms with E-state index in [4.69, 9.17) is 11.6 Å². The zero-order chi connectivity index (χ0) is 11.1. The molecule has 1 rings (SSSR count). The van der Waals surface area contributed by atoms with Gasteiger partial charge in [0.2, 0.25) is 0 Å². The van der Waals surface area contributed by atoms with E-state index in [0.29, 0.717) is 0 Å². The van der Waals surface area contributed by atoms with Crippen LogP contribution in [0.2, 0.25) is 5.02 Å². The summed E-state index contributed by atoms with van der Waals surface area (Å²) < 4.78 is 38.5. The van der Waals surface area contributed by atoms with E-state index in [2.05, 4.69) is 5.10 Å². The quantitative estimate of drug-likeness (QED) is 0.664. The standard InChI is InChI=1S/C8H10ClF3N2/c1-7(2,3)14-6(8(10,11)12)5(9)4-13-14/h4H,1-3H3. The van der Waals surface area contributed by atoms with Crippen molar-refractivity contribution in [3.8, 4) is 0 Å². The summed E-state index contributed by atoms with van der Waals surface area (Å²) >= 11 is 5.43. The molecule has 2 nitrogen and oxygen atoms in total. The fraction of sp³-hybridized carbons (Fsp3) is 0.625. The second kappa shape index (κ2) is 3.15. The maximum atomic E-state index is 12.5. The molecule has 1 aromatic rings. The Labute approximate surface area is 84.7 Å². The zero-order valence-corrected chi connectivity index (χ0v) is 8.74. The maximum Gasteiger partial charge on any atom is 0.434 e. The lowest BCUT2D eigenvalue weighted by atomic mass is 10.1. The molecular weight excluding hydrogens is 217 g/mol. The first-order valence-corrected chi connectivity index (χ1v) is 4.33. The van der Waals surface area contributed by atoms with Crippen molar-refractivity contribution in [1.29, 1.82) is 0 Å². The summed E-state index contributed by atoms with van der Waals surface area (Å²) in [6.07, 6.45) is -3.46. The van der Waals surface area contributed by atoms with Gasteiger partial charge in [-0.2, -0.15) is 18.3 Å². The highest BCUT2D eigenvalue weighted by Crippen LogP contribution is 2.36. The molecule has 0 aliphatic carbocycles. The van der Waals surface area contributed by atoms with Gasteiger partial charge in [0, 0.05) is 0 Å². The van der Waals surface area contributed by atoms with Gasteiger partial charge in [-0.3, -0.25) is 4.68 Å². The summed E-state index contributed by atoms with van der Waals surface area (Å²) in [7, 11) is 0. The normalized spacial score (nSPS) is 13.4. The van der Waals surface area contributed by atoms with Crippen molar-refractivity contribution in [3.63, 3.8) is 0 Å². The van der Waals surface area contributed by atoms with Gasteiger partial charge in [0.25, 0.3) is 0 Å². The van der Waals surface area contributed by atoms with Crippen LogP contribution in [0.3, 0.4) is 0 Å². The molecule has 0 aromatic carbocycles. The van der Waals surface area contributed by atoms with Crippen molar-refractivity contribution in [1.82, 2.24) is 9.78 Å². The highest BCUT2D eigenvalue weighted by atomic mass is 35.5. The second-order valence-electron chi connectivity index (χ2n) is 3.92. The van der Waals surface area contributed by atoms with E-state index in [9.17, 15) is 13.2 Å². The van der Waals surface area contributed by atoms with Crippen LogP contribution in [0.25, 0.3) is 0 Å². The number of hydrogen-bond acceptors (Lipinski definition) is 1. The fourth-order valence-electron chi connectivity index (χ4n) is 1.09. The van der Waals surface area contributed by atoms with E-state index in [0.717, 1.165) is 10.9 Å². The molecule has 0 unspecified atom stereocenters. The topological polar surface area (TPSA) is 17.8 Å². The third-order valence-corrected chi connectivity index (χ3v) is 1.91. The summed E-state index contributed by atoms with van der Waals surface area (Å²) in [5.74, 6) is 0. The molecule has 0 radical (unpaired) electrons. The Bertz CT molecular complexity index is 335. The lowest BCUT2D eigenvalue weighted by molar-refractivity contribution is -0.146. The average Bonchev–Trinajstić information content (AvgIpc) is 2.27. The maximum absolute atomic E-state index is 12.5. The molecule has 14 heavy (non-hydrogen) atoms. The average molecular weight is 227 g/mol. The molecule has 0 spiro atoms. The third kappa shape index (κ3) is 2.03. The molecule has 0 atom stereocenters. The van der Waals surface area contributed by atoms with Gasteiger partial charge >= 0.3 is 6.18 Å². The van der Waals surface area contributed by atoms with Gasteiger partial charge in [0.05, 0.1) is 16.8 Å². The molecule has 0 fully saturated rings. The summed E-state index contributed by atoms with van der Waals surface area (Å²) in [6.45, 7) is 4.89. The Kier molecular flexibility index (Phi) is 2.56. The van der Waals surface area contributed by atoms with E-state index in [1.165, 1.54) is 0 Å². The number of alkyl halides is 3. The van der Waals surface area contributed by atoms with Crippen molar-refractivity contribution < 1.29 is 13.2 Å². The third-order valence-electron chi connectivity index (χ3n) is 1.63. The molecule has 0 aliphatic heterocycles. The fourth-order valence-corrected chi connectivity index (χ4v) is 1.32. The minimum absolute atomic E-state index is 0.368. The van der Waals surface area contributed by atoms with Crippen LogP contribution in [-0.4, -0.2) is 9.78 Å². The first kappa shape index (κ1) is 11.4. The van der Waals surface area contributed by atoms with Crippen LogP contribution in [-0.2, 0) is 11.7 Å². The van der Waals surface area contributed by atoms with Gasteiger partial charge in [-0.05, 0) is 20.8 Å². The smallest absolute Gasteiger partial charge is 0.254 e. The Morgan fingerprint density at radius 1 is 1.29 bits per heavy atom. The van der Waals surface area contributed by atoms with E-state index in [-0.39, 0.29) is 5.02 Å². The number of aromatic nitrogens is 2. The van der Waals surface area contributed by atoms with Gasteiger partial charge < -0.3 is 0 Å². The monoisotopic (exact) mass is 226 g/mol. The lowest BCUT2D eigenvalue weighted by Gasteiger charge is -2.23. The first-order chi connectivity index (χ1) is 6.14. The predicted molar refractivity (Wildman–Crippen MR) is 47.2 cm³/mol. The summed E-state index contributed by atoms with van der Waals surface area (Å²) in [5, 5.41) is 3.25. The Balaban J connectivity index is 3.35. The van der Waals surface area contributed by atoms with Crippen LogP contribution >= 0.6 is 11.6 Å². The highest BCUT2D eigenvalue weighted by Gasteiger charge is 2.40. The van der Waals surface area contributed by atoms with E-state index < -0.39 is 17.4 Å². The molecule has 0 saturated carbocycles. The Hall–Kier alpha value is -0.710. The molecule has 0 amide bonds. The van der Waals surface area contributed by atoms with Gasteiger partial charge in [-0.1, -0.05) is 11.6 Å². The predicted octanol–water partition coefficient (Wildman–Crippen LogP) is 3.31. The van der Waals surface area contributed by atoms with Crippen LogP contribution in [0.5, 0.6) is 0 Å². The minimum Gasteiger partial charge on any atom is -0.254 e. The highest BCUT2D eigenvalue weighted by molar-refractivity contribution is 6.31. The van der Waals surface area contributed by atoms with Crippen LogP contribution in [0.15, 0.2) is 6.20 Å². The van der Waals surface area contributed by atoms with Crippen LogP contribution in [0.4, 0.5) is 13.2 Å². The Morgan fingerprint density at radius 2 is 1.79 bits per heavy atom. The summed E-state index contributed by atoms with van der Waals surface area (Å²) in [4.78, 5) is 0. The van der Waals surface area contributed by atoms with Gasteiger partial charge in [-0.25, -0.2) is 0 Å². The van der Waals surface area contributed by atoms with Crippen LogP contribution in [0.1, 0.15) is 26.5 Å². The number of halogens is 4. The second-order valence-corrected chi connectivity index (χ2v) is 4.33. The van der Waals surface area contributed by atoms with Crippen molar-refractivity contribution in [3.05, 3.63) is 16.9 Å². The molecule has 80 valence electrons. The van der Waals surface area contributed by atoms with Gasteiger partial charge in [-0.15, -0.1) is 0 Å². The largest absolute Gasteiger partial charge is 0.434 e. The molecule has 0 aliphatic rings. The van der Waals surface area contributed by atoms with Crippen LogP contribution in [0, 0.1) is 0 Å². The summed E-state index contributed by atoms with van der Waals surface area (Å²) in [6, 6.07) is 0. The van der Waals surface area contributed by atoms with Crippen molar-refractivity contribution in [2.24, 2.45) is 0 Å². The van der Waals surface area contributed by atoms with E-state index in [1.54, 1.807) is 20.8 Å². The summed E-state index contributed by atoms with van der Waals surface area (Å²) in [5.41, 5.74) is -1.63. The molecule has 6 heteroatoms. The Morgan fingerprint density at radius 3 is 2.07 bits per heavy atom. The van der Waals surface area contributed by atoms with Gasteiger partial charge in [0.1, 0.15) is 0 Å².